The second-order valence-electron chi connectivity index (χ2n) is 5.06. The van der Waals surface area contributed by atoms with E-state index in [2.05, 4.69) is 34.1 Å². The van der Waals surface area contributed by atoms with Crippen molar-refractivity contribution < 1.29 is 4.74 Å². The summed E-state index contributed by atoms with van der Waals surface area (Å²) in [7, 11) is 0. The third kappa shape index (κ3) is 3.37. The minimum absolute atomic E-state index is 0.389. The minimum atomic E-state index is 0.389. The fourth-order valence-corrected chi connectivity index (χ4v) is 2.75. The molecule has 2 heterocycles. The van der Waals surface area contributed by atoms with Gasteiger partial charge in [0.05, 0.1) is 6.10 Å². The molecule has 0 radical (unpaired) electrons. The highest BCUT2D eigenvalue weighted by Crippen LogP contribution is 2.27. The third-order valence-corrected chi connectivity index (χ3v) is 3.70. The lowest BCUT2D eigenvalue weighted by atomic mass is 10.1. The van der Waals surface area contributed by atoms with Crippen molar-refractivity contribution in [2.24, 2.45) is 5.84 Å². The highest BCUT2D eigenvalue weighted by Gasteiger charge is 2.23. The van der Waals surface area contributed by atoms with E-state index in [4.69, 9.17) is 10.6 Å². The molecule has 0 aromatic carbocycles. The number of aromatic nitrogens is 2. The third-order valence-electron chi connectivity index (χ3n) is 3.70. The second-order valence-corrected chi connectivity index (χ2v) is 5.06. The van der Waals surface area contributed by atoms with Crippen LogP contribution in [0.25, 0.3) is 0 Å². The molecule has 0 aliphatic carbocycles. The van der Waals surface area contributed by atoms with Gasteiger partial charge in [-0.3, -0.25) is 0 Å². The Hall–Kier alpha value is -1.40. The molecule has 1 aromatic heterocycles. The molecule has 0 unspecified atom stereocenters. The number of nitrogens with two attached hydrogens (primary N) is 1. The number of rotatable bonds is 6. The second kappa shape index (κ2) is 7.40. The number of anilines is 2. The van der Waals surface area contributed by atoms with Crippen molar-refractivity contribution in [3.8, 4) is 0 Å². The molecule has 0 bridgehead atoms. The van der Waals surface area contributed by atoms with E-state index in [1.165, 1.54) is 0 Å². The maximum Gasteiger partial charge on any atom is 0.148 e. The normalized spacial score (nSPS) is 16.4. The maximum absolute atomic E-state index is 5.70. The minimum Gasteiger partial charge on any atom is -0.378 e. The zero-order chi connectivity index (χ0) is 14.4. The highest BCUT2D eigenvalue weighted by molar-refractivity contribution is 5.58. The van der Waals surface area contributed by atoms with Crippen molar-refractivity contribution >= 4 is 11.6 Å². The van der Waals surface area contributed by atoms with Gasteiger partial charge in [0.2, 0.25) is 0 Å². The molecule has 1 aromatic rings. The number of ether oxygens (including phenoxy) is 1. The molecule has 6 nitrogen and oxygen atoms in total. The molecule has 1 aliphatic rings. The first-order chi connectivity index (χ1) is 9.80. The molecule has 1 aliphatic heterocycles. The molecule has 0 atom stereocenters. The van der Waals surface area contributed by atoms with Crippen LogP contribution < -0.4 is 16.2 Å². The summed E-state index contributed by atoms with van der Waals surface area (Å²) in [6, 6.07) is 0. The van der Waals surface area contributed by atoms with Gasteiger partial charge in [-0.2, -0.15) is 0 Å². The van der Waals surface area contributed by atoms with Gasteiger partial charge in [-0.1, -0.05) is 13.3 Å². The van der Waals surface area contributed by atoms with Crippen LogP contribution in [0.3, 0.4) is 0 Å². The summed E-state index contributed by atoms with van der Waals surface area (Å²) in [4.78, 5) is 11.0. The van der Waals surface area contributed by atoms with E-state index in [-0.39, 0.29) is 0 Å². The Morgan fingerprint density at radius 2 is 2.10 bits per heavy atom. The zero-order valence-corrected chi connectivity index (χ0v) is 12.4. The lowest BCUT2D eigenvalue weighted by Crippen LogP contribution is -2.38. The molecule has 0 saturated carbocycles. The van der Waals surface area contributed by atoms with Gasteiger partial charge in [0.15, 0.2) is 0 Å². The Morgan fingerprint density at radius 1 is 1.35 bits per heavy atom. The summed E-state index contributed by atoms with van der Waals surface area (Å²) < 4.78 is 5.70. The van der Waals surface area contributed by atoms with Gasteiger partial charge in [-0.25, -0.2) is 15.8 Å². The Morgan fingerprint density at radius 3 is 2.70 bits per heavy atom. The van der Waals surface area contributed by atoms with E-state index in [0.29, 0.717) is 6.10 Å². The lowest BCUT2D eigenvalue weighted by molar-refractivity contribution is 0.0458. The SMILES string of the molecule is CCCc1c(NN)ncnc1N1CCC(OCC)CC1. The first-order valence-electron chi connectivity index (χ1n) is 7.47. The predicted octanol–water partition coefficient (Wildman–Crippen LogP) is 1.72. The van der Waals surface area contributed by atoms with Crippen LogP contribution in [0.5, 0.6) is 0 Å². The topological polar surface area (TPSA) is 76.3 Å². The van der Waals surface area contributed by atoms with Crippen molar-refractivity contribution in [1.29, 1.82) is 0 Å². The van der Waals surface area contributed by atoms with Crippen LogP contribution in [-0.2, 0) is 11.2 Å². The van der Waals surface area contributed by atoms with Gasteiger partial charge in [0, 0.05) is 25.3 Å². The molecule has 20 heavy (non-hydrogen) atoms. The van der Waals surface area contributed by atoms with Crippen LogP contribution in [0.15, 0.2) is 6.33 Å². The van der Waals surface area contributed by atoms with Crippen LogP contribution in [0.4, 0.5) is 11.6 Å². The molecular formula is C14H25N5O. The van der Waals surface area contributed by atoms with Crippen LogP contribution in [0, 0.1) is 0 Å². The van der Waals surface area contributed by atoms with E-state index in [1.54, 1.807) is 6.33 Å². The molecule has 0 amide bonds. The van der Waals surface area contributed by atoms with Gasteiger partial charge >= 0.3 is 0 Å². The molecule has 6 heteroatoms. The largest absolute Gasteiger partial charge is 0.378 e. The van der Waals surface area contributed by atoms with Crippen LogP contribution in [0.2, 0.25) is 0 Å². The van der Waals surface area contributed by atoms with Gasteiger partial charge < -0.3 is 15.1 Å². The summed E-state index contributed by atoms with van der Waals surface area (Å²) in [6.07, 6.45) is 6.05. The van der Waals surface area contributed by atoms with Crippen molar-refractivity contribution in [3.05, 3.63) is 11.9 Å². The van der Waals surface area contributed by atoms with Crippen molar-refractivity contribution in [2.75, 3.05) is 30.0 Å². The lowest BCUT2D eigenvalue weighted by Gasteiger charge is -2.33. The average Bonchev–Trinajstić information content (AvgIpc) is 2.49. The first-order valence-corrected chi connectivity index (χ1v) is 7.47. The fraction of sp³-hybridized carbons (Fsp3) is 0.714. The van der Waals surface area contributed by atoms with Gasteiger partial charge in [0.1, 0.15) is 18.0 Å². The molecule has 112 valence electrons. The fourth-order valence-electron chi connectivity index (χ4n) is 2.75. The number of nitrogen functional groups attached to an aromatic ring is 1. The molecule has 2 rings (SSSR count). The van der Waals surface area contributed by atoms with E-state index in [0.717, 1.165) is 62.6 Å². The van der Waals surface area contributed by atoms with Crippen LogP contribution in [0.1, 0.15) is 38.7 Å². The number of piperidine rings is 1. The number of hydrogen-bond donors (Lipinski definition) is 2. The van der Waals surface area contributed by atoms with Crippen molar-refractivity contribution in [3.63, 3.8) is 0 Å². The molecule has 1 fully saturated rings. The molecule has 3 N–H and O–H groups in total. The number of nitrogens with zero attached hydrogens (tertiary/aromatic N) is 3. The van der Waals surface area contributed by atoms with E-state index < -0.39 is 0 Å². The standard InChI is InChI=1S/C14H25N5O/c1-3-5-12-13(18-15)16-10-17-14(12)19-8-6-11(7-9-19)20-4-2/h10-11H,3-9,15H2,1-2H3,(H,16,17,18). The Bertz CT molecular complexity index is 418. The van der Waals surface area contributed by atoms with E-state index in [9.17, 15) is 0 Å². The van der Waals surface area contributed by atoms with Gasteiger partial charge in [-0.15, -0.1) is 0 Å². The average molecular weight is 279 g/mol. The summed E-state index contributed by atoms with van der Waals surface area (Å²) in [6.45, 7) is 6.94. The summed E-state index contributed by atoms with van der Waals surface area (Å²) in [5.41, 5.74) is 3.80. The number of hydrogen-bond acceptors (Lipinski definition) is 6. The Labute approximate surface area is 120 Å². The van der Waals surface area contributed by atoms with Crippen molar-refractivity contribution in [2.45, 2.75) is 45.6 Å². The molecule has 0 spiro atoms. The zero-order valence-electron chi connectivity index (χ0n) is 12.4. The summed E-state index contributed by atoms with van der Waals surface area (Å²) >= 11 is 0. The Kier molecular flexibility index (Phi) is 5.55. The van der Waals surface area contributed by atoms with Gasteiger partial charge in [-0.05, 0) is 26.2 Å². The van der Waals surface area contributed by atoms with Crippen LogP contribution >= 0.6 is 0 Å². The number of nitrogens with one attached hydrogen (secondary N) is 1. The van der Waals surface area contributed by atoms with Crippen LogP contribution in [-0.4, -0.2) is 35.8 Å². The molecule has 1 saturated heterocycles. The van der Waals surface area contributed by atoms with E-state index >= 15 is 0 Å². The summed E-state index contributed by atoms with van der Waals surface area (Å²) in [5.74, 6) is 7.32. The van der Waals surface area contributed by atoms with Crippen molar-refractivity contribution in [1.82, 2.24) is 9.97 Å². The smallest absolute Gasteiger partial charge is 0.148 e. The van der Waals surface area contributed by atoms with Gasteiger partial charge in [0.25, 0.3) is 0 Å². The molecular weight excluding hydrogens is 254 g/mol. The Balaban J connectivity index is 2.12. The predicted molar refractivity (Wildman–Crippen MR) is 80.7 cm³/mol. The first kappa shape index (κ1) is 15.0. The monoisotopic (exact) mass is 279 g/mol. The summed E-state index contributed by atoms with van der Waals surface area (Å²) in [5, 5.41) is 0. The highest BCUT2D eigenvalue weighted by atomic mass is 16.5. The number of hydrazine groups is 1. The maximum atomic E-state index is 5.70. The van der Waals surface area contributed by atoms with E-state index in [1.807, 2.05) is 0 Å². The quantitative estimate of drug-likeness (QED) is 0.610.